The highest BCUT2D eigenvalue weighted by Gasteiger charge is 2.30. The Kier molecular flexibility index (Phi) is 3.35. The lowest BCUT2D eigenvalue weighted by Gasteiger charge is -2.22. The Morgan fingerprint density at radius 2 is 2.29 bits per heavy atom. The van der Waals surface area contributed by atoms with Gasteiger partial charge in [-0.15, -0.1) is 0 Å². The lowest BCUT2D eigenvalue weighted by Crippen LogP contribution is -2.32. The summed E-state index contributed by atoms with van der Waals surface area (Å²) in [7, 11) is -0.901. The molecule has 1 aromatic rings. The smallest absolute Gasteiger partial charge is 0.151 e. The lowest BCUT2D eigenvalue weighted by molar-refractivity contribution is 0.251. The number of hydrogen-bond donors (Lipinski definition) is 1. The first kappa shape index (κ1) is 12.3. The minimum atomic E-state index is -2.83. The Morgan fingerprint density at radius 3 is 2.88 bits per heavy atom. The van der Waals surface area contributed by atoms with Gasteiger partial charge >= 0.3 is 0 Å². The largest absolute Gasteiger partial charge is 0.384 e. The molecular formula is C11H17N3O2S. The standard InChI is InChI=1S/C11H17N3O2S/c1-14(10-5-6-17(15,16)8-10)7-9-3-2-4-11(12)13-9/h2-4,10H,5-8H2,1H3,(H2,12,13). The third-order valence-electron chi connectivity index (χ3n) is 3.07. The van der Waals surface area contributed by atoms with Crippen LogP contribution < -0.4 is 5.73 Å². The summed E-state index contributed by atoms with van der Waals surface area (Å²) in [6, 6.07) is 5.60. The van der Waals surface area contributed by atoms with Crippen LogP contribution in [0.15, 0.2) is 18.2 Å². The quantitative estimate of drug-likeness (QED) is 0.839. The number of sulfone groups is 1. The summed E-state index contributed by atoms with van der Waals surface area (Å²) in [5, 5.41) is 0. The van der Waals surface area contributed by atoms with Crippen LogP contribution in [0.1, 0.15) is 12.1 Å². The van der Waals surface area contributed by atoms with Gasteiger partial charge < -0.3 is 5.73 Å². The topological polar surface area (TPSA) is 76.3 Å². The van der Waals surface area contributed by atoms with E-state index in [1.807, 2.05) is 24.1 Å². The monoisotopic (exact) mass is 255 g/mol. The fourth-order valence-corrected chi connectivity index (χ4v) is 3.90. The second-order valence-corrected chi connectivity index (χ2v) is 6.75. The second-order valence-electron chi connectivity index (χ2n) is 4.53. The van der Waals surface area contributed by atoms with Crippen LogP contribution in [0.5, 0.6) is 0 Å². The molecule has 1 saturated heterocycles. The van der Waals surface area contributed by atoms with Crippen molar-refractivity contribution in [2.24, 2.45) is 0 Å². The van der Waals surface area contributed by atoms with E-state index >= 15 is 0 Å². The normalized spacial score (nSPS) is 23.1. The van der Waals surface area contributed by atoms with Crippen molar-refractivity contribution in [3.05, 3.63) is 23.9 Å². The maximum Gasteiger partial charge on any atom is 0.151 e. The van der Waals surface area contributed by atoms with E-state index in [1.165, 1.54) is 0 Å². The zero-order valence-corrected chi connectivity index (χ0v) is 10.7. The highest BCUT2D eigenvalue weighted by atomic mass is 32.2. The number of nitrogens with two attached hydrogens (primary N) is 1. The minimum Gasteiger partial charge on any atom is -0.384 e. The molecule has 1 unspecified atom stereocenters. The number of nitrogens with zero attached hydrogens (tertiary/aromatic N) is 2. The summed E-state index contributed by atoms with van der Waals surface area (Å²) in [4.78, 5) is 6.24. The molecule has 2 heterocycles. The second kappa shape index (κ2) is 4.62. The third-order valence-corrected chi connectivity index (χ3v) is 4.82. The third kappa shape index (κ3) is 3.17. The van der Waals surface area contributed by atoms with Crippen molar-refractivity contribution in [2.45, 2.75) is 19.0 Å². The molecule has 0 spiro atoms. The van der Waals surface area contributed by atoms with Crippen LogP contribution in [0, 0.1) is 0 Å². The average molecular weight is 255 g/mol. The van der Waals surface area contributed by atoms with Crippen molar-refractivity contribution < 1.29 is 8.42 Å². The number of aromatic nitrogens is 1. The van der Waals surface area contributed by atoms with Crippen LogP contribution in [-0.4, -0.2) is 42.9 Å². The molecule has 1 aliphatic heterocycles. The Labute approximate surface area is 102 Å². The summed E-state index contributed by atoms with van der Waals surface area (Å²) >= 11 is 0. The van der Waals surface area contributed by atoms with Gasteiger partial charge in [-0.2, -0.15) is 0 Å². The maximum absolute atomic E-state index is 11.4. The zero-order chi connectivity index (χ0) is 12.5. The van der Waals surface area contributed by atoms with Crippen LogP contribution in [0.25, 0.3) is 0 Å². The number of nitrogen functional groups attached to an aromatic ring is 1. The lowest BCUT2D eigenvalue weighted by atomic mass is 10.2. The van der Waals surface area contributed by atoms with Gasteiger partial charge in [-0.25, -0.2) is 13.4 Å². The van der Waals surface area contributed by atoms with Gasteiger partial charge in [0.1, 0.15) is 5.82 Å². The minimum absolute atomic E-state index is 0.100. The molecule has 0 saturated carbocycles. The maximum atomic E-state index is 11.4. The molecule has 0 bridgehead atoms. The zero-order valence-electron chi connectivity index (χ0n) is 9.83. The summed E-state index contributed by atoms with van der Waals surface area (Å²) in [6.45, 7) is 0.630. The molecular weight excluding hydrogens is 238 g/mol. The Morgan fingerprint density at radius 1 is 1.53 bits per heavy atom. The van der Waals surface area contributed by atoms with Crippen molar-refractivity contribution in [1.29, 1.82) is 0 Å². The van der Waals surface area contributed by atoms with E-state index in [-0.39, 0.29) is 11.8 Å². The van der Waals surface area contributed by atoms with Crippen LogP contribution >= 0.6 is 0 Å². The molecule has 1 aromatic heterocycles. The highest BCUT2D eigenvalue weighted by molar-refractivity contribution is 7.91. The highest BCUT2D eigenvalue weighted by Crippen LogP contribution is 2.18. The Bertz CT molecular complexity index is 501. The number of pyridine rings is 1. The fourth-order valence-electron chi connectivity index (χ4n) is 2.09. The molecule has 1 fully saturated rings. The van der Waals surface area contributed by atoms with E-state index in [2.05, 4.69) is 4.98 Å². The number of rotatable bonds is 3. The van der Waals surface area contributed by atoms with E-state index in [0.717, 1.165) is 5.69 Å². The molecule has 1 atom stereocenters. The first-order valence-corrected chi connectivity index (χ1v) is 7.40. The molecule has 6 heteroatoms. The molecule has 2 rings (SSSR count). The van der Waals surface area contributed by atoms with Gasteiger partial charge in [0.25, 0.3) is 0 Å². The van der Waals surface area contributed by atoms with Crippen LogP contribution in [0.4, 0.5) is 5.82 Å². The first-order chi connectivity index (χ1) is 7.96. The van der Waals surface area contributed by atoms with Gasteiger partial charge in [0, 0.05) is 12.6 Å². The van der Waals surface area contributed by atoms with Gasteiger partial charge in [-0.1, -0.05) is 6.07 Å². The summed E-state index contributed by atoms with van der Waals surface area (Å²) < 4.78 is 22.8. The number of anilines is 1. The fraction of sp³-hybridized carbons (Fsp3) is 0.545. The summed E-state index contributed by atoms with van der Waals surface area (Å²) in [5.74, 6) is 1.05. The van der Waals surface area contributed by atoms with Gasteiger partial charge in [0.05, 0.1) is 17.2 Å². The molecule has 17 heavy (non-hydrogen) atoms. The predicted octanol–water partition coefficient (Wildman–Crippen LogP) is 0.283. The predicted molar refractivity (Wildman–Crippen MR) is 67.2 cm³/mol. The van der Waals surface area contributed by atoms with Crippen molar-refractivity contribution in [2.75, 3.05) is 24.3 Å². The van der Waals surface area contributed by atoms with Gasteiger partial charge in [-0.3, -0.25) is 4.90 Å². The number of hydrogen-bond acceptors (Lipinski definition) is 5. The van der Waals surface area contributed by atoms with E-state index in [1.54, 1.807) is 6.07 Å². The molecule has 94 valence electrons. The van der Waals surface area contributed by atoms with E-state index in [4.69, 9.17) is 5.73 Å². The summed E-state index contributed by atoms with van der Waals surface area (Å²) in [5.41, 5.74) is 6.48. The van der Waals surface area contributed by atoms with Gasteiger partial charge in [-0.05, 0) is 25.6 Å². The molecule has 0 aliphatic carbocycles. The van der Waals surface area contributed by atoms with E-state index < -0.39 is 9.84 Å². The molecule has 0 aromatic carbocycles. The van der Waals surface area contributed by atoms with Crippen molar-refractivity contribution in [3.63, 3.8) is 0 Å². The van der Waals surface area contributed by atoms with Crippen molar-refractivity contribution >= 4 is 15.7 Å². The van der Waals surface area contributed by atoms with Crippen LogP contribution in [0.3, 0.4) is 0 Å². The Hall–Kier alpha value is -1.14. The SMILES string of the molecule is CN(Cc1cccc(N)n1)C1CCS(=O)(=O)C1. The van der Waals surface area contributed by atoms with E-state index in [0.29, 0.717) is 24.5 Å². The van der Waals surface area contributed by atoms with E-state index in [9.17, 15) is 8.42 Å². The van der Waals surface area contributed by atoms with Crippen molar-refractivity contribution in [3.8, 4) is 0 Å². The molecule has 0 radical (unpaired) electrons. The first-order valence-electron chi connectivity index (χ1n) is 5.58. The van der Waals surface area contributed by atoms with Gasteiger partial charge in [0.15, 0.2) is 9.84 Å². The molecule has 5 nitrogen and oxygen atoms in total. The van der Waals surface area contributed by atoms with Gasteiger partial charge in [0.2, 0.25) is 0 Å². The van der Waals surface area contributed by atoms with Crippen molar-refractivity contribution in [1.82, 2.24) is 9.88 Å². The Balaban J connectivity index is 2.00. The van der Waals surface area contributed by atoms with Crippen LogP contribution in [0.2, 0.25) is 0 Å². The summed E-state index contributed by atoms with van der Waals surface area (Å²) in [6.07, 6.45) is 0.709. The average Bonchev–Trinajstić information content (AvgIpc) is 2.59. The van der Waals surface area contributed by atoms with Crippen LogP contribution in [-0.2, 0) is 16.4 Å². The molecule has 1 aliphatic rings. The molecule has 2 N–H and O–H groups in total. The molecule has 0 amide bonds.